The fourth-order valence-electron chi connectivity index (χ4n) is 2.31. The van der Waals surface area contributed by atoms with Crippen LogP contribution in [-0.2, 0) is 0 Å². The molecule has 0 aliphatic carbocycles. The fourth-order valence-corrected chi connectivity index (χ4v) is 2.31. The molecule has 0 radical (unpaired) electrons. The van der Waals surface area contributed by atoms with Crippen molar-refractivity contribution in [1.82, 2.24) is 4.98 Å². The van der Waals surface area contributed by atoms with E-state index in [9.17, 15) is 0 Å². The second kappa shape index (κ2) is 5.89. The number of fused-ring (bicyclic) bond motifs is 1. The molecule has 1 heterocycles. The van der Waals surface area contributed by atoms with Gasteiger partial charge in [0.2, 0.25) is 0 Å². The molecule has 0 bridgehead atoms. The lowest BCUT2D eigenvalue weighted by Crippen LogP contribution is -2.32. The zero-order chi connectivity index (χ0) is 13.8. The molecule has 19 heavy (non-hydrogen) atoms. The van der Waals surface area contributed by atoms with Gasteiger partial charge in [0.25, 0.3) is 0 Å². The third-order valence-electron chi connectivity index (χ3n) is 3.27. The van der Waals surface area contributed by atoms with E-state index < -0.39 is 0 Å². The van der Waals surface area contributed by atoms with E-state index in [0.717, 1.165) is 35.2 Å². The summed E-state index contributed by atoms with van der Waals surface area (Å²) in [5, 5.41) is 10.0. The molecule has 0 fully saturated rings. The van der Waals surface area contributed by atoms with Crippen molar-refractivity contribution in [2.75, 3.05) is 23.8 Å². The van der Waals surface area contributed by atoms with E-state index in [-0.39, 0.29) is 6.61 Å². The van der Waals surface area contributed by atoms with Crippen molar-refractivity contribution in [3.8, 4) is 0 Å². The summed E-state index contributed by atoms with van der Waals surface area (Å²) in [6.07, 6.45) is 2.53. The van der Waals surface area contributed by atoms with Gasteiger partial charge >= 0.3 is 0 Å². The third kappa shape index (κ3) is 2.79. The largest absolute Gasteiger partial charge is 0.398 e. The van der Waals surface area contributed by atoms with Crippen LogP contribution < -0.4 is 10.6 Å². The molecule has 0 saturated carbocycles. The van der Waals surface area contributed by atoms with Gasteiger partial charge in [0.1, 0.15) is 0 Å². The van der Waals surface area contributed by atoms with Crippen LogP contribution in [-0.4, -0.2) is 29.3 Å². The average molecular weight is 259 g/mol. The first-order valence-electron chi connectivity index (χ1n) is 6.66. The minimum absolute atomic E-state index is 0.198. The zero-order valence-corrected chi connectivity index (χ0v) is 11.5. The second-order valence-corrected chi connectivity index (χ2v) is 4.94. The Morgan fingerprint density at radius 2 is 2.11 bits per heavy atom. The van der Waals surface area contributed by atoms with E-state index in [0.29, 0.717) is 6.04 Å². The molecule has 0 spiro atoms. The Morgan fingerprint density at radius 1 is 1.32 bits per heavy atom. The van der Waals surface area contributed by atoms with Gasteiger partial charge in [0.15, 0.2) is 0 Å². The average Bonchev–Trinajstić information content (AvgIpc) is 2.41. The summed E-state index contributed by atoms with van der Waals surface area (Å²) in [5.41, 5.74) is 8.75. The summed E-state index contributed by atoms with van der Waals surface area (Å²) in [7, 11) is 0. The first-order chi connectivity index (χ1) is 9.15. The number of hydrogen-bond acceptors (Lipinski definition) is 4. The number of nitrogens with zero attached hydrogens (tertiary/aromatic N) is 2. The predicted molar refractivity (Wildman–Crippen MR) is 80.3 cm³/mol. The highest BCUT2D eigenvalue weighted by Gasteiger charge is 2.14. The van der Waals surface area contributed by atoms with Gasteiger partial charge in [-0.25, -0.2) is 0 Å². The number of benzene rings is 1. The highest BCUT2D eigenvalue weighted by Crippen LogP contribution is 2.30. The lowest BCUT2D eigenvalue weighted by Gasteiger charge is -2.29. The molecule has 0 amide bonds. The minimum Gasteiger partial charge on any atom is -0.398 e. The van der Waals surface area contributed by atoms with Crippen LogP contribution in [0.4, 0.5) is 11.4 Å². The van der Waals surface area contributed by atoms with Gasteiger partial charge in [-0.15, -0.1) is 0 Å². The smallest absolute Gasteiger partial charge is 0.0956 e. The van der Waals surface area contributed by atoms with E-state index in [1.54, 1.807) is 6.20 Å². The second-order valence-electron chi connectivity index (χ2n) is 4.94. The highest BCUT2D eigenvalue weighted by atomic mass is 16.3. The third-order valence-corrected chi connectivity index (χ3v) is 3.27. The van der Waals surface area contributed by atoms with Crippen molar-refractivity contribution in [2.24, 2.45) is 0 Å². The van der Waals surface area contributed by atoms with Gasteiger partial charge in [-0.3, -0.25) is 4.98 Å². The van der Waals surface area contributed by atoms with Crippen molar-refractivity contribution in [3.63, 3.8) is 0 Å². The number of nitrogen functional groups attached to an aromatic ring is 1. The van der Waals surface area contributed by atoms with Crippen molar-refractivity contribution in [1.29, 1.82) is 0 Å². The highest BCUT2D eigenvalue weighted by molar-refractivity contribution is 5.98. The maximum Gasteiger partial charge on any atom is 0.0956 e. The number of nitrogens with two attached hydrogens (primary N) is 1. The number of rotatable bonds is 5. The quantitative estimate of drug-likeness (QED) is 0.809. The number of aliphatic hydroxyl groups excluding tert-OH is 1. The minimum atomic E-state index is 0.198. The summed E-state index contributed by atoms with van der Waals surface area (Å²) in [6, 6.07) is 8.18. The van der Waals surface area contributed by atoms with Crippen LogP contribution in [0.25, 0.3) is 10.9 Å². The molecule has 3 N–H and O–H groups in total. The van der Waals surface area contributed by atoms with Crippen LogP contribution in [0.2, 0.25) is 0 Å². The Bertz CT molecular complexity index is 554. The Kier molecular flexibility index (Phi) is 4.22. The van der Waals surface area contributed by atoms with Crippen LogP contribution >= 0.6 is 0 Å². The first kappa shape index (κ1) is 13.6. The van der Waals surface area contributed by atoms with Crippen LogP contribution in [0.5, 0.6) is 0 Å². The standard InChI is InChI=1S/C15H21N3O/c1-11(2)18(9-4-10-19)14-7-6-13(16)12-5-3-8-17-15(12)14/h3,5-8,11,19H,4,9-10,16H2,1-2H3. The van der Waals surface area contributed by atoms with Crippen molar-refractivity contribution < 1.29 is 5.11 Å². The van der Waals surface area contributed by atoms with Gasteiger partial charge < -0.3 is 15.7 Å². The molecular formula is C15H21N3O. The van der Waals surface area contributed by atoms with E-state index in [1.165, 1.54) is 0 Å². The Hall–Kier alpha value is -1.81. The molecule has 1 aromatic heterocycles. The Labute approximate surface area is 113 Å². The number of hydrogen-bond donors (Lipinski definition) is 2. The SMILES string of the molecule is CC(C)N(CCCO)c1ccc(N)c2cccnc12. The zero-order valence-electron chi connectivity index (χ0n) is 11.5. The van der Waals surface area contributed by atoms with Crippen LogP contribution in [0.1, 0.15) is 20.3 Å². The molecule has 0 aliphatic heterocycles. The van der Waals surface area contributed by atoms with Gasteiger partial charge in [0, 0.05) is 36.5 Å². The predicted octanol–water partition coefficient (Wildman–Crippen LogP) is 2.41. The lowest BCUT2D eigenvalue weighted by molar-refractivity contribution is 0.288. The number of aromatic nitrogens is 1. The summed E-state index contributed by atoms with van der Waals surface area (Å²) in [5.74, 6) is 0. The molecule has 2 aromatic rings. The number of aliphatic hydroxyl groups is 1. The maximum absolute atomic E-state index is 9.04. The van der Waals surface area contributed by atoms with Crippen molar-refractivity contribution in [3.05, 3.63) is 30.5 Å². The monoisotopic (exact) mass is 259 g/mol. The Morgan fingerprint density at radius 3 is 2.79 bits per heavy atom. The molecule has 4 nitrogen and oxygen atoms in total. The number of pyridine rings is 1. The van der Waals surface area contributed by atoms with Gasteiger partial charge in [0.05, 0.1) is 11.2 Å². The van der Waals surface area contributed by atoms with Crippen LogP contribution in [0.15, 0.2) is 30.5 Å². The summed E-state index contributed by atoms with van der Waals surface area (Å²) < 4.78 is 0. The van der Waals surface area contributed by atoms with E-state index in [2.05, 4.69) is 23.7 Å². The number of anilines is 2. The lowest BCUT2D eigenvalue weighted by atomic mass is 10.1. The van der Waals surface area contributed by atoms with Gasteiger partial charge in [-0.1, -0.05) is 0 Å². The van der Waals surface area contributed by atoms with E-state index >= 15 is 0 Å². The van der Waals surface area contributed by atoms with Crippen molar-refractivity contribution >= 4 is 22.3 Å². The van der Waals surface area contributed by atoms with E-state index in [1.807, 2.05) is 24.3 Å². The summed E-state index contributed by atoms with van der Waals surface area (Å²) >= 11 is 0. The first-order valence-corrected chi connectivity index (χ1v) is 6.66. The van der Waals surface area contributed by atoms with Gasteiger partial charge in [-0.05, 0) is 44.5 Å². The summed E-state index contributed by atoms with van der Waals surface area (Å²) in [4.78, 5) is 6.72. The topological polar surface area (TPSA) is 62.4 Å². The molecule has 4 heteroatoms. The maximum atomic E-state index is 9.04. The molecular weight excluding hydrogens is 238 g/mol. The fraction of sp³-hybridized carbons (Fsp3) is 0.400. The molecule has 2 rings (SSSR count). The molecule has 0 atom stereocenters. The molecule has 0 aliphatic rings. The van der Waals surface area contributed by atoms with Crippen LogP contribution in [0, 0.1) is 0 Å². The molecule has 0 unspecified atom stereocenters. The summed E-state index contributed by atoms with van der Waals surface area (Å²) in [6.45, 7) is 5.29. The molecule has 0 saturated heterocycles. The Balaban J connectivity index is 2.50. The van der Waals surface area contributed by atoms with Crippen LogP contribution in [0.3, 0.4) is 0 Å². The van der Waals surface area contributed by atoms with Gasteiger partial charge in [-0.2, -0.15) is 0 Å². The molecule has 102 valence electrons. The van der Waals surface area contributed by atoms with E-state index in [4.69, 9.17) is 10.8 Å². The van der Waals surface area contributed by atoms with Crippen molar-refractivity contribution in [2.45, 2.75) is 26.3 Å². The normalized spacial score (nSPS) is 11.2. The molecule has 1 aromatic carbocycles.